The second-order valence-electron chi connectivity index (χ2n) is 6.05. The number of carbonyl (C=O) groups excluding carboxylic acids is 1. The minimum atomic E-state index is -3.47. The highest BCUT2D eigenvalue weighted by atomic mass is 32.2. The number of fused-ring (bicyclic) bond motifs is 1. The van der Waals surface area contributed by atoms with Gasteiger partial charge in [0.1, 0.15) is 0 Å². The number of carbonyl (C=O) groups is 1. The van der Waals surface area contributed by atoms with Gasteiger partial charge < -0.3 is 10.3 Å². The third-order valence-corrected chi connectivity index (χ3v) is 6.47. The number of aromatic nitrogens is 2. The van der Waals surface area contributed by atoms with E-state index < -0.39 is 10.0 Å². The van der Waals surface area contributed by atoms with E-state index in [9.17, 15) is 13.2 Å². The summed E-state index contributed by atoms with van der Waals surface area (Å²) in [5.74, 6) is -0.202. The molecule has 0 atom stereocenters. The highest BCUT2D eigenvalue weighted by Gasteiger charge is 2.21. The first-order chi connectivity index (χ1) is 13.0. The Bertz CT molecular complexity index is 1040. The Hall–Kier alpha value is -2.71. The van der Waals surface area contributed by atoms with Crippen LogP contribution in [-0.2, 0) is 16.6 Å². The van der Waals surface area contributed by atoms with Crippen molar-refractivity contribution in [3.63, 3.8) is 0 Å². The maximum Gasteiger partial charge on any atom is 0.251 e. The van der Waals surface area contributed by atoms with Crippen LogP contribution in [0.5, 0.6) is 0 Å². The molecule has 0 fully saturated rings. The number of H-pyrrole nitrogens is 1. The molecular formula is C19H22N4O3S. The average molecular weight is 386 g/mol. The van der Waals surface area contributed by atoms with Crippen LogP contribution in [0.1, 0.15) is 29.8 Å². The number of rotatable bonds is 7. The van der Waals surface area contributed by atoms with Crippen molar-refractivity contribution in [3.05, 3.63) is 59.9 Å². The second kappa shape index (κ2) is 7.89. The molecule has 0 saturated carbocycles. The Morgan fingerprint density at radius 2 is 1.81 bits per heavy atom. The van der Waals surface area contributed by atoms with E-state index in [2.05, 4.69) is 15.3 Å². The lowest BCUT2D eigenvalue weighted by atomic mass is 10.1. The van der Waals surface area contributed by atoms with Crippen molar-refractivity contribution in [2.24, 2.45) is 0 Å². The lowest BCUT2D eigenvalue weighted by Gasteiger charge is -2.18. The quantitative estimate of drug-likeness (QED) is 0.652. The summed E-state index contributed by atoms with van der Waals surface area (Å²) in [6.07, 6.45) is 1.58. The molecule has 0 spiro atoms. The summed E-state index contributed by atoms with van der Waals surface area (Å²) in [4.78, 5) is 19.7. The molecule has 7 nitrogen and oxygen atoms in total. The van der Waals surface area contributed by atoms with Gasteiger partial charge in [0.2, 0.25) is 10.0 Å². The smallest absolute Gasteiger partial charge is 0.251 e. The van der Waals surface area contributed by atoms with Gasteiger partial charge in [-0.3, -0.25) is 4.79 Å². The van der Waals surface area contributed by atoms with Gasteiger partial charge in [-0.1, -0.05) is 26.0 Å². The summed E-state index contributed by atoms with van der Waals surface area (Å²) < 4.78 is 26.4. The van der Waals surface area contributed by atoms with Crippen molar-refractivity contribution in [2.45, 2.75) is 25.3 Å². The molecular weight excluding hydrogens is 364 g/mol. The molecule has 27 heavy (non-hydrogen) atoms. The van der Waals surface area contributed by atoms with E-state index in [1.807, 2.05) is 13.8 Å². The summed E-state index contributed by atoms with van der Waals surface area (Å²) in [6, 6.07) is 11.8. The minimum absolute atomic E-state index is 0.202. The monoisotopic (exact) mass is 386 g/mol. The first-order valence-corrected chi connectivity index (χ1v) is 10.2. The van der Waals surface area contributed by atoms with Gasteiger partial charge in [0.15, 0.2) is 0 Å². The number of benzene rings is 2. The van der Waals surface area contributed by atoms with Gasteiger partial charge in [-0.05, 0) is 35.9 Å². The fourth-order valence-corrected chi connectivity index (χ4v) is 4.31. The normalized spacial score (nSPS) is 11.8. The van der Waals surface area contributed by atoms with Crippen LogP contribution in [0.15, 0.2) is 53.7 Å². The van der Waals surface area contributed by atoms with E-state index in [1.54, 1.807) is 48.8 Å². The van der Waals surface area contributed by atoms with E-state index >= 15 is 0 Å². The topological polar surface area (TPSA) is 95.2 Å². The van der Waals surface area contributed by atoms with Crippen LogP contribution >= 0.6 is 0 Å². The van der Waals surface area contributed by atoms with Gasteiger partial charge in [-0.2, -0.15) is 4.31 Å². The number of nitrogens with zero attached hydrogens (tertiary/aromatic N) is 2. The molecule has 142 valence electrons. The average Bonchev–Trinajstić information content (AvgIpc) is 3.15. The number of imidazole rings is 1. The summed E-state index contributed by atoms with van der Waals surface area (Å²) in [5, 5.41) is 2.84. The van der Waals surface area contributed by atoms with Gasteiger partial charge in [0.25, 0.3) is 5.91 Å². The molecule has 3 rings (SSSR count). The molecule has 0 saturated heterocycles. The molecule has 0 aliphatic rings. The van der Waals surface area contributed by atoms with Crippen LogP contribution in [-0.4, -0.2) is 41.7 Å². The number of hydrogen-bond acceptors (Lipinski definition) is 4. The number of sulfonamides is 1. The number of hydrogen-bond donors (Lipinski definition) is 2. The molecule has 2 N–H and O–H groups in total. The molecule has 1 aromatic heterocycles. The van der Waals surface area contributed by atoms with E-state index in [-0.39, 0.29) is 10.8 Å². The van der Waals surface area contributed by atoms with E-state index in [4.69, 9.17) is 0 Å². The van der Waals surface area contributed by atoms with Crippen molar-refractivity contribution in [1.29, 1.82) is 0 Å². The number of aromatic amines is 1. The molecule has 1 heterocycles. The van der Waals surface area contributed by atoms with Crippen LogP contribution < -0.4 is 5.32 Å². The zero-order valence-electron chi connectivity index (χ0n) is 15.3. The van der Waals surface area contributed by atoms with Crippen molar-refractivity contribution >= 4 is 27.0 Å². The SMILES string of the molecule is CCN(CC)S(=O)(=O)c1ccc(CNC(=O)c2ccc3nc[nH]c3c2)cc1. The fraction of sp³-hybridized carbons (Fsp3) is 0.263. The van der Waals surface area contributed by atoms with Gasteiger partial charge in [0, 0.05) is 25.2 Å². The molecule has 3 aromatic rings. The summed E-state index contributed by atoms with van der Waals surface area (Å²) in [6.45, 7) is 4.79. The maximum absolute atomic E-state index is 12.5. The van der Waals surface area contributed by atoms with E-state index in [0.717, 1.165) is 16.6 Å². The highest BCUT2D eigenvalue weighted by molar-refractivity contribution is 7.89. The molecule has 0 unspecified atom stereocenters. The summed E-state index contributed by atoms with van der Waals surface area (Å²) in [7, 11) is -3.47. The summed E-state index contributed by atoms with van der Waals surface area (Å²) >= 11 is 0. The third-order valence-electron chi connectivity index (χ3n) is 4.40. The number of nitrogens with one attached hydrogen (secondary N) is 2. The molecule has 0 bridgehead atoms. The Labute approximate surface area is 158 Å². The zero-order valence-corrected chi connectivity index (χ0v) is 16.1. The van der Waals surface area contributed by atoms with E-state index in [0.29, 0.717) is 25.2 Å². The standard InChI is InChI=1S/C19H22N4O3S/c1-3-23(4-2)27(25,26)16-8-5-14(6-9-16)12-20-19(24)15-7-10-17-18(11-15)22-13-21-17/h5-11,13H,3-4,12H2,1-2H3,(H,20,24)(H,21,22). The molecule has 8 heteroatoms. The molecule has 1 amide bonds. The third kappa shape index (κ3) is 4.01. The van der Waals surface area contributed by atoms with Gasteiger partial charge in [0.05, 0.1) is 22.3 Å². The Balaban J connectivity index is 1.67. The largest absolute Gasteiger partial charge is 0.348 e. The zero-order chi connectivity index (χ0) is 19.4. The molecule has 2 aromatic carbocycles. The molecule has 0 aliphatic heterocycles. The Kier molecular flexibility index (Phi) is 5.57. The van der Waals surface area contributed by atoms with Gasteiger partial charge in [-0.15, -0.1) is 0 Å². The first-order valence-electron chi connectivity index (χ1n) is 8.76. The van der Waals surface area contributed by atoms with Gasteiger partial charge in [-0.25, -0.2) is 13.4 Å². The summed E-state index contributed by atoms with van der Waals surface area (Å²) in [5.41, 5.74) is 2.96. The van der Waals surface area contributed by atoms with Crippen molar-refractivity contribution in [2.75, 3.05) is 13.1 Å². The predicted molar refractivity (Wildman–Crippen MR) is 104 cm³/mol. The lowest BCUT2D eigenvalue weighted by Crippen LogP contribution is -2.30. The first kappa shape index (κ1) is 19.1. The minimum Gasteiger partial charge on any atom is -0.348 e. The fourth-order valence-electron chi connectivity index (χ4n) is 2.85. The van der Waals surface area contributed by atoms with Crippen LogP contribution in [0.4, 0.5) is 0 Å². The highest BCUT2D eigenvalue weighted by Crippen LogP contribution is 2.16. The molecule has 0 aliphatic carbocycles. The number of amides is 1. The van der Waals surface area contributed by atoms with Crippen molar-refractivity contribution in [3.8, 4) is 0 Å². The maximum atomic E-state index is 12.5. The Morgan fingerprint density at radius 3 is 2.48 bits per heavy atom. The van der Waals surface area contributed by atoms with Gasteiger partial charge >= 0.3 is 0 Å². The second-order valence-corrected chi connectivity index (χ2v) is 7.99. The van der Waals surface area contributed by atoms with Crippen LogP contribution in [0.2, 0.25) is 0 Å². The predicted octanol–water partition coefficient (Wildman–Crippen LogP) is 2.52. The van der Waals surface area contributed by atoms with Crippen molar-refractivity contribution in [1.82, 2.24) is 19.6 Å². The Morgan fingerprint density at radius 1 is 1.11 bits per heavy atom. The lowest BCUT2D eigenvalue weighted by molar-refractivity contribution is 0.0951. The molecule has 0 radical (unpaired) electrons. The van der Waals surface area contributed by atoms with E-state index in [1.165, 1.54) is 4.31 Å². The van der Waals surface area contributed by atoms with Crippen LogP contribution in [0.25, 0.3) is 11.0 Å². The van der Waals surface area contributed by atoms with Crippen LogP contribution in [0.3, 0.4) is 0 Å². The van der Waals surface area contributed by atoms with Crippen LogP contribution in [0, 0.1) is 0 Å². The van der Waals surface area contributed by atoms with Crippen molar-refractivity contribution < 1.29 is 13.2 Å².